The second-order valence-corrected chi connectivity index (χ2v) is 10.1. The fourth-order valence-corrected chi connectivity index (χ4v) is 5.70. The normalized spacial score (nSPS) is 13.6. The van der Waals surface area contributed by atoms with Crippen molar-refractivity contribution in [1.29, 1.82) is 0 Å². The SMILES string of the molecule is O=C(c1ccc(Cl)cc1)N(c1ccc2oc3c(c2c1)CCCC3)S(=O)(=O)c1ccc(F)cc1. The van der Waals surface area contributed by atoms with Gasteiger partial charge >= 0.3 is 0 Å². The molecule has 3 aromatic carbocycles. The summed E-state index contributed by atoms with van der Waals surface area (Å²) in [6, 6.07) is 15.3. The zero-order chi connectivity index (χ0) is 23.2. The van der Waals surface area contributed by atoms with Gasteiger partial charge in [0.1, 0.15) is 17.2 Å². The third-order valence-electron chi connectivity index (χ3n) is 5.80. The molecule has 5 nitrogen and oxygen atoms in total. The summed E-state index contributed by atoms with van der Waals surface area (Å²) in [5.74, 6) is -0.408. The molecule has 1 heterocycles. The largest absolute Gasteiger partial charge is 0.461 e. The first kappa shape index (κ1) is 21.7. The van der Waals surface area contributed by atoms with E-state index in [1.165, 1.54) is 24.3 Å². The molecule has 1 amide bonds. The third kappa shape index (κ3) is 3.92. The number of aryl methyl sites for hydroxylation is 2. The number of sulfonamides is 1. The van der Waals surface area contributed by atoms with Crippen LogP contribution in [0, 0.1) is 5.82 Å². The first-order chi connectivity index (χ1) is 15.8. The molecule has 5 rings (SSSR count). The number of hydrogen-bond acceptors (Lipinski definition) is 4. The molecule has 0 fully saturated rings. The summed E-state index contributed by atoms with van der Waals surface area (Å²) in [6.45, 7) is 0. The van der Waals surface area contributed by atoms with E-state index in [1.807, 2.05) is 0 Å². The summed E-state index contributed by atoms with van der Waals surface area (Å²) in [6.07, 6.45) is 3.73. The molecule has 0 aliphatic heterocycles. The minimum Gasteiger partial charge on any atom is -0.461 e. The smallest absolute Gasteiger partial charge is 0.272 e. The highest BCUT2D eigenvalue weighted by atomic mass is 35.5. The molecule has 0 bridgehead atoms. The van der Waals surface area contributed by atoms with E-state index in [1.54, 1.807) is 18.2 Å². The maximum absolute atomic E-state index is 13.6. The first-order valence-corrected chi connectivity index (χ1v) is 12.3. The summed E-state index contributed by atoms with van der Waals surface area (Å²) < 4.78 is 47.4. The number of fused-ring (bicyclic) bond motifs is 3. The van der Waals surface area contributed by atoms with E-state index in [9.17, 15) is 17.6 Å². The van der Waals surface area contributed by atoms with Crippen molar-refractivity contribution in [3.8, 4) is 0 Å². The Morgan fingerprint density at radius 1 is 0.939 bits per heavy atom. The zero-order valence-corrected chi connectivity index (χ0v) is 19.0. The minimum absolute atomic E-state index is 0.152. The summed E-state index contributed by atoms with van der Waals surface area (Å²) in [4.78, 5) is 13.3. The molecular weight excluding hydrogens is 465 g/mol. The van der Waals surface area contributed by atoms with Gasteiger partial charge in [-0.3, -0.25) is 4.79 Å². The van der Waals surface area contributed by atoms with Gasteiger partial charge < -0.3 is 4.42 Å². The maximum Gasteiger partial charge on any atom is 0.272 e. The van der Waals surface area contributed by atoms with Gasteiger partial charge in [0.2, 0.25) is 0 Å². The molecule has 0 atom stereocenters. The van der Waals surface area contributed by atoms with Crippen LogP contribution in [0.2, 0.25) is 5.02 Å². The van der Waals surface area contributed by atoms with Crippen molar-refractivity contribution in [2.45, 2.75) is 30.6 Å². The fraction of sp³-hybridized carbons (Fsp3) is 0.160. The third-order valence-corrected chi connectivity index (χ3v) is 7.78. The maximum atomic E-state index is 13.6. The molecule has 0 unspecified atom stereocenters. The van der Waals surface area contributed by atoms with Gasteiger partial charge in [0.25, 0.3) is 15.9 Å². The lowest BCUT2D eigenvalue weighted by atomic mass is 9.96. The van der Waals surface area contributed by atoms with Crippen molar-refractivity contribution in [3.63, 3.8) is 0 Å². The van der Waals surface area contributed by atoms with Gasteiger partial charge in [-0.25, -0.2) is 12.8 Å². The molecule has 0 saturated carbocycles. The van der Waals surface area contributed by atoms with Crippen LogP contribution in [0.1, 0.15) is 34.5 Å². The van der Waals surface area contributed by atoms with Crippen molar-refractivity contribution >= 4 is 44.2 Å². The van der Waals surface area contributed by atoms with Crippen LogP contribution in [-0.2, 0) is 22.9 Å². The van der Waals surface area contributed by atoms with E-state index < -0.39 is 21.7 Å². The molecule has 4 aromatic rings. The first-order valence-electron chi connectivity index (χ1n) is 10.5. The van der Waals surface area contributed by atoms with E-state index in [0.717, 1.165) is 71.0 Å². The number of anilines is 1. The fourth-order valence-electron chi connectivity index (χ4n) is 4.16. The second-order valence-electron chi connectivity index (χ2n) is 7.93. The molecule has 1 aliphatic rings. The summed E-state index contributed by atoms with van der Waals surface area (Å²) in [7, 11) is -4.35. The number of carbonyl (C=O) groups is 1. The molecule has 8 heteroatoms. The Bertz CT molecular complexity index is 1460. The Morgan fingerprint density at radius 3 is 2.36 bits per heavy atom. The molecule has 0 saturated heterocycles. The summed E-state index contributed by atoms with van der Waals surface area (Å²) in [5.41, 5.74) is 2.04. The Balaban J connectivity index is 1.69. The standard InChI is InChI=1S/C25H19ClFNO4S/c26-17-7-5-16(6-8-17)25(29)28(33(30,31)20-12-9-18(27)10-13-20)19-11-14-24-22(15-19)21-3-1-2-4-23(21)32-24/h5-15H,1-4H2. The van der Waals surface area contributed by atoms with Crippen molar-refractivity contribution in [2.75, 3.05) is 4.31 Å². The Kier molecular flexibility index (Phi) is 5.46. The number of carbonyl (C=O) groups excluding carboxylic acids is 1. The van der Waals surface area contributed by atoms with Crippen LogP contribution in [0.5, 0.6) is 0 Å². The van der Waals surface area contributed by atoms with Gasteiger partial charge in [0.05, 0.1) is 10.6 Å². The lowest BCUT2D eigenvalue weighted by Gasteiger charge is -2.23. The van der Waals surface area contributed by atoms with Gasteiger partial charge in [-0.2, -0.15) is 4.31 Å². The predicted octanol–water partition coefficient (Wildman–Crippen LogP) is 6.14. The second kappa shape index (κ2) is 8.32. The van der Waals surface area contributed by atoms with Gasteiger partial charge in [-0.15, -0.1) is 0 Å². The number of furan rings is 1. The van der Waals surface area contributed by atoms with Crippen LogP contribution in [0.15, 0.2) is 76.0 Å². The van der Waals surface area contributed by atoms with Crippen molar-refractivity contribution < 1.29 is 22.0 Å². The molecule has 168 valence electrons. The van der Waals surface area contributed by atoms with Crippen LogP contribution < -0.4 is 4.31 Å². The highest BCUT2D eigenvalue weighted by Gasteiger charge is 2.33. The van der Waals surface area contributed by atoms with Crippen LogP contribution >= 0.6 is 11.6 Å². The number of rotatable bonds is 4. The number of benzene rings is 3. The molecule has 0 spiro atoms. The van der Waals surface area contributed by atoms with Crippen LogP contribution in [0.25, 0.3) is 11.0 Å². The summed E-state index contributed by atoms with van der Waals surface area (Å²) >= 11 is 5.94. The quantitative estimate of drug-likeness (QED) is 0.349. The lowest BCUT2D eigenvalue weighted by molar-refractivity contribution is 0.101. The van der Waals surface area contributed by atoms with Gasteiger partial charge in [-0.1, -0.05) is 11.6 Å². The van der Waals surface area contributed by atoms with E-state index in [4.69, 9.17) is 16.0 Å². The minimum atomic E-state index is -4.35. The van der Waals surface area contributed by atoms with Crippen LogP contribution in [0.3, 0.4) is 0 Å². The van der Waals surface area contributed by atoms with E-state index in [2.05, 4.69) is 0 Å². The number of halogens is 2. The molecule has 1 aliphatic carbocycles. The number of amides is 1. The number of hydrogen-bond donors (Lipinski definition) is 0. The summed E-state index contributed by atoms with van der Waals surface area (Å²) in [5, 5.41) is 1.22. The lowest BCUT2D eigenvalue weighted by Crippen LogP contribution is -2.37. The van der Waals surface area contributed by atoms with Crippen molar-refractivity contribution in [1.82, 2.24) is 0 Å². The van der Waals surface area contributed by atoms with Crippen LogP contribution in [0.4, 0.5) is 10.1 Å². The topological polar surface area (TPSA) is 67.6 Å². The number of nitrogens with zero attached hydrogens (tertiary/aromatic N) is 1. The monoisotopic (exact) mass is 483 g/mol. The molecule has 0 N–H and O–H groups in total. The molecule has 1 aromatic heterocycles. The molecule has 33 heavy (non-hydrogen) atoms. The highest BCUT2D eigenvalue weighted by Crippen LogP contribution is 2.36. The molecule has 0 radical (unpaired) electrons. The van der Waals surface area contributed by atoms with Gasteiger partial charge in [-0.05, 0) is 86.0 Å². The van der Waals surface area contributed by atoms with E-state index >= 15 is 0 Å². The van der Waals surface area contributed by atoms with Gasteiger partial charge in [0.15, 0.2) is 0 Å². The van der Waals surface area contributed by atoms with E-state index in [0.29, 0.717) is 10.6 Å². The van der Waals surface area contributed by atoms with Crippen molar-refractivity contribution in [3.05, 3.63) is 94.5 Å². The average molecular weight is 484 g/mol. The van der Waals surface area contributed by atoms with Gasteiger partial charge in [0, 0.05) is 28.0 Å². The Labute approximate surface area is 195 Å². The Morgan fingerprint density at radius 2 is 1.64 bits per heavy atom. The highest BCUT2D eigenvalue weighted by molar-refractivity contribution is 7.93. The van der Waals surface area contributed by atoms with Crippen molar-refractivity contribution in [2.24, 2.45) is 0 Å². The van der Waals surface area contributed by atoms with Crippen LogP contribution in [-0.4, -0.2) is 14.3 Å². The predicted molar refractivity (Wildman–Crippen MR) is 125 cm³/mol. The zero-order valence-electron chi connectivity index (χ0n) is 17.4. The molecular formula is C25H19ClFNO4S. The average Bonchev–Trinajstić information content (AvgIpc) is 3.18. The van der Waals surface area contributed by atoms with E-state index in [-0.39, 0.29) is 16.1 Å². The Hall–Kier alpha value is -3.16.